The van der Waals surface area contributed by atoms with Gasteiger partial charge in [-0.25, -0.2) is 4.39 Å². The fraction of sp³-hybridized carbons (Fsp3) is 0.273. The third kappa shape index (κ3) is 5.00. The molecule has 2 N–H and O–H groups in total. The van der Waals surface area contributed by atoms with Crippen molar-refractivity contribution in [1.29, 1.82) is 0 Å². The average molecular weight is 394 g/mol. The number of ether oxygens (including phenoxy) is 1. The number of carbonyl (C=O) groups excluding carboxylic acids is 1. The van der Waals surface area contributed by atoms with Gasteiger partial charge in [0, 0.05) is 24.5 Å². The summed E-state index contributed by atoms with van der Waals surface area (Å²) in [6, 6.07) is 15.4. The number of piperidine rings is 1. The number of nitrogens with zero attached hydrogens (tertiary/aromatic N) is 2. The summed E-state index contributed by atoms with van der Waals surface area (Å²) in [5.41, 5.74) is 1.91. The molecular formula is C22H23FN4O2. The Balaban J connectivity index is 1.37. The summed E-state index contributed by atoms with van der Waals surface area (Å²) in [5, 5.41) is 10.7. The van der Waals surface area contributed by atoms with Crippen molar-refractivity contribution in [3.63, 3.8) is 0 Å². The van der Waals surface area contributed by atoms with Crippen LogP contribution in [-0.2, 0) is 6.61 Å². The Hall–Kier alpha value is -3.19. The fourth-order valence-corrected chi connectivity index (χ4v) is 3.38. The largest absolute Gasteiger partial charge is 0.489 e. The van der Waals surface area contributed by atoms with E-state index in [4.69, 9.17) is 4.74 Å². The molecule has 1 saturated heterocycles. The normalized spacial score (nSPS) is 16.4. The van der Waals surface area contributed by atoms with Crippen LogP contribution in [0.1, 0.15) is 34.9 Å². The molecule has 7 heteroatoms. The first kappa shape index (κ1) is 19.1. The molecule has 2 aromatic carbocycles. The van der Waals surface area contributed by atoms with Gasteiger partial charge >= 0.3 is 0 Å². The number of halogens is 1. The summed E-state index contributed by atoms with van der Waals surface area (Å²) >= 11 is 0. The van der Waals surface area contributed by atoms with Crippen LogP contribution in [0.4, 0.5) is 10.1 Å². The zero-order valence-electron chi connectivity index (χ0n) is 16.0. The molecule has 29 heavy (non-hydrogen) atoms. The molecule has 1 unspecified atom stereocenters. The van der Waals surface area contributed by atoms with E-state index in [-0.39, 0.29) is 24.4 Å². The summed E-state index contributed by atoms with van der Waals surface area (Å²) in [5.74, 6) is -0.134. The topological polar surface area (TPSA) is 68.2 Å². The van der Waals surface area contributed by atoms with Crippen molar-refractivity contribution >= 4 is 11.6 Å². The highest BCUT2D eigenvalue weighted by atomic mass is 19.1. The predicted octanol–water partition coefficient (Wildman–Crippen LogP) is 3.78. The van der Waals surface area contributed by atoms with Crippen LogP contribution < -0.4 is 15.4 Å². The highest BCUT2D eigenvalue weighted by Gasteiger charge is 2.17. The van der Waals surface area contributed by atoms with Gasteiger partial charge in [-0.1, -0.05) is 18.2 Å². The smallest absolute Gasteiger partial charge is 0.276 e. The molecule has 1 amide bonds. The molecular weight excluding hydrogens is 371 g/mol. The number of anilines is 1. The van der Waals surface area contributed by atoms with E-state index in [0.717, 1.165) is 31.5 Å². The van der Waals surface area contributed by atoms with Crippen LogP contribution in [-0.4, -0.2) is 28.8 Å². The summed E-state index contributed by atoms with van der Waals surface area (Å²) in [6.45, 7) is 2.18. The number of nitrogens with one attached hydrogen (secondary N) is 2. The molecule has 1 aliphatic heterocycles. The van der Waals surface area contributed by atoms with Crippen molar-refractivity contribution < 1.29 is 13.9 Å². The van der Waals surface area contributed by atoms with Gasteiger partial charge in [-0.2, -0.15) is 5.10 Å². The second-order valence-corrected chi connectivity index (χ2v) is 7.08. The van der Waals surface area contributed by atoms with Crippen molar-refractivity contribution in [3.05, 3.63) is 77.9 Å². The number of carbonyl (C=O) groups is 1. The molecule has 1 fully saturated rings. The lowest BCUT2D eigenvalue weighted by Crippen LogP contribution is -2.32. The van der Waals surface area contributed by atoms with Gasteiger partial charge in [-0.05, 0) is 55.3 Å². The highest BCUT2D eigenvalue weighted by Crippen LogP contribution is 2.18. The maximum atomic E-state index is 13.2. The van der Waals surface area contributed by atoms with E-state index in [0.29, 0.717) is 17.1 Å². The standard InChI is InChI=1S/C22H23FN4O2/c23-17-5-2-8-20(13-17)29-15-16-4-1-6-18(12-16)25-22(28)21-9-11-27(26-21)19-7-3-10-24-14-19/h1-2,4-6,8-9,11-13,19,24H,3,7,10,14-15H2,(H,25,28). The lowest BCUT2D eigenvalue weighted by molar-refractivity contribution is 0.102. The quantitative estimate of drug-likeness (QED) is 0.668. The first-order chi connectivity index (χ1) is 14.2. The van der Waals surface area contributed by atoms with Gasteiger partial charge in [-0.15, -0.1) is 0 Å². The Morgan fingerprint density at radius 1 is 1.24 bits per heavy atom. The number of benzene rings is 2. The molecule has 2 heterocycles. The molecule has 3 aromatic rings. The second kappa shape index (κ2) is 8.87. The molecule has 0 radical (unpaired) electrons. The lowest BCUT2D eigenvalue weighted by atomic mass is 10.1. The SMILES string of the molecule is O=C(Nc1cccc(COc2cccc(F)c2)c1)c1ccn(C2CCCNC2)n1. The minimum absolute atomic E-state index is 0.254. The predicted molar refractivity (Wildman–Crippen MR) is 108 cm³/mol. The zero-order chi connectivity index (χ0) is 20.1. The van der Waals surface area contributed by atoms with Crippen molar-refractivity contribution in [1.82, 2.24) is 15.1 Å². The third-order valence-electron chi connectivity index (χ3n) is 4.87. The molecule has 0 bridgehead atoms. The molecule has 0 aliphatic carbocycles. The molecule has 1 aliphatic rings. The van der Waals surface area contributed by atoms with E-state index in [1.54, 1.807) is 18.2 Å². The Morgan fingerprint density at radius 2 is 2.14 bits per heavy atom. The summed E-state index contributed by atoms with van der Waals surface area (Å²) in [7, 11) is 0. The Morgan fingerprint density at radius 3 is 2.97 bits per heavy atom. The summed E-state index contributed by atoms with van der Waals surface area (Å²) in [6.07, 6.45) is 4.02. The van der Waals surface area contributed by atoms with Gasteiger partial charge in [0.1, 0.15) is 18.2 Å². The van der Waals surface area contributed by atoms with Crippen molar-refractivity contribution in [2.24, 2.45) is 0 Å². The van der Waals surface area contributed by atoms with Crippen LogP contribution in [0.3, 0.4) is 0 Å². The summed E-state index contributed by atoms with van der Waals surface area (Å²) in [4.78, 5) is 12.6. The number of aromatic nitrogens is 2. The van der Waals surface area contributed by atoms with Gasteiger partial charge in [-0.3, -0.25) is 9.48 Å². The van der Waals surface area contributed by atoms with E-state index in [1.165, 1.54) is 12.1 Å². The highest BCUT2D eigenvalue weighted by molar-refractivity contribution is 6.02. The number of hydrogen-bond acceptors (Lipinski definition) is 4. The van der Waals surface area contributed by atoms with E-state index < -0.39 is 0 Å². The van der Waals surface area contributed by atoms with Crippen LogP contribution in [0.25, 0.3) is 0 Å². The first-order valence-electron chi connectivity index (χ1n) is 9.72. The van der Waals surface area contributed by atoms with Crippen LogP contribution >= 0.6 is 0 Å². The van der Waals surface area contributed by atoms with E-state index in [1.807, 2.05) is 35.1 Å². The van der Waals surface area contributed by atoms with E-state index in [2.05, 4.69) is 15.7 Å². The van der Waals surface area contributed by atoms with Crippen molar-refractivity contribution in [3.8, 4) is 5.75 Å². The lowest BCUT2D eigenvalue weighted by Gasteiger charge is -2.22. The maximum absolute atomic E-state index is 13.2. The molecule has 150 valence electrons. The first-order valence-corrected chi connectivity index (χ1v) is 9.72. The van der Waals surface area contributed by atoms with Crippen LogP contribution in [0, 0.1) is 5.82 Å². The van der Waals surface area contributed by atoms with Crippen LogP contribution in [0.2, 0.25) is 0 Å². The number of hydrogen-bond donors (Lipinski definition) is 2. The van der Waals surface area contributed by atoms with Crippen LogP contribution in [0.15, 0.2) is 60.8 Å². The Kier molecular flexibility index (Phi) is 5.86. The third-order valence-corrected chi connectivity index (χ3v) is 4.87. The zero-order valence-corrected chi connectivity index (χ0v) is 16.0. The Bertz CT molecular complexity index is 982. The van der Waals surface area contributed by atoms with Crippen molar-refractivity contribution in [2.45, 2.75) is 25.5 Å². The molecule has 1 atom stereocenters. The average Bonchev–Trinajstić information content (AvgIpc) is 3.24. The molecule has 1 aromatic heterocycles. The maximum Gasteiger partial charge on any atom is 0.276 e. The monoisotopic (exact) mass is 394 g/mol. The van der Waals surface area contributed by atoms with Gasteiger partial charge in [0.15, 0.2) is 5.69 Å². The van der Waals surface area contributed by atoms with E-state index in [9.17, 15) is 9.18 Å². The van der Waals surface area contributed by atoms with E-state index >= 15 is 0 Å². The number of rotatable bonds is 6. The second-order valence-electron chi connectivity index (χ2n) is 7.08. The van der Waals surface area contributed by atoms with Gasteiger partial charge < -0.3 is 15.4 Å². The van der Waals surface area contributed by atoms with Crippen LogP contribution in [0.5, 0.6) is 5.75 Å². The minimum atomic E-state index is -0.341. The minimum Gasteiger partial charge on any atom is -0.489 e. The van der Waals surface area contributed by atoms with Gasteiger partial charge in [0.2, 0.25) is 0 Å². The molecule has 0 spiro atoms. The van der Waals surface area contributed by atoms with Crippen molar-refractivity contribution in [2.75, 3.05) is 18.4 Å². The fourth-order valence-electron chi connectivity index (χ4n) is 3.38. The number of amides is 1. The van der Waals surface area contributed by atoms with Gasteiger partial charge in [0.25, 0.3) is 5.91 Å². The Labute approximate surface area is 168 Å². The molecule has 4 rings (SSSR count). The summed E-state index contributed by atoms with van der Waals surface area (Å²) < 4.78 is 20.7. The molecule has 0 saturated carbocycles. The molecule has 6 nitrogen and oxygen atoms in total. The van der Waals surface area contributed by atoms with Gasteiger partial charge in [0.05, 0.1) is 6.04 Å².